The Morgan fingerprint density at radius 2 is 2.25 bits per heavy atom. The Hall–Kier alpha value is -1.81. The highest BCUT2D eigenvalue weighted by molar-refractivity contribution is 5.81. The van der Waals surface area contributed by atoms with Crippen molar-refractivity contribution in [3.8, 4) is 5.75 Å². The predicted octanol–water partition coefficient (Wildman–Crippen LogP) is 2.01. The van der Waals surface area contributed by atoms with E-state index >= 15 is 0 Å². The van der Waals surface area contributed by atoms with Crippen LogP contribution < -0.4 is 15.4 Å². The van der Waals surface area contributed by atoms with Gasteiger partial charge in [0.2, 0.25) is 5.91 Å². The molecule has 1 saturated heterocycles. The van der Waals surface area contributed by atoms with E-state index in [0.29, 0.717) is 13.2 Å². The lowest BCUT2D eigenvalue weighted by molar-refractivity contribution is -0.122. The minimum Gasteiger partial charge on any atom is -0.489 e. The highest BCUT2D eigenvalue weighted by Gasteiger charge is 2.20. The molecule has 0 radical (unpaired) electrons. The Bertz CT molecular complexity index is 460. The summed E-state index contributed by atoms with van der Waals surface area (Å²) >= 11 is 0. The first-order valence-corrected chi connectivity index (χ1v) is 7.14. The second-order valence-corrected chi connectivity index (χ2v) is 4.93. The van der Waals surface area contributed by atoms with E-state index in [-0.39, 0.29) is 11.9 Å². The molecule has 0 aromatic heterocycles. The molecule has 1 aromatic carbocycles. The molecule has 1 amide bonds. The topological polar surface area (TPSA) is 50.4 Å². The zero-order valence-electron chi connectivity index (χ0n) is 11.7. The second-order valence-electron chi connectivity index (χ2n) is 4.93. The number of para-hydroxylation sites is 1. The fraction of sp³-hybridized carbons (Fsp3) is 0.438. The van der Waals surface area contributed by atoms with E-state index in [1.165, 1.54) is 0 Å². The Morgan fingerprint density at radius 3 is 3.10 bits per heavy atom. The first kappa shape index (κ1) is 14.6. The summed E-state index contributed by atoms with van der Waals surface area (Å²) in [5.41, 5.74) is 1.06. The number of hydrogen-bond donors (Lipinski definition) is 2. The minimum atomic E-state index is -0.107. The van der Waals surface area contributed by atoms with Gasteiger partial charge in [-0.1, -0.05) is 30.9 Å². The number of rotatable bonds is 6. The molecular formula is C16H22N2O2. The average molecular weight is 274 g/mol. The molecule has 108 valence electrons. The molecule has 1 atom stereocenters. The third-order valence-corrected chi connectivity index (χ3v) is 3.40. The molecule has 20 heavy (non-hydrogen) atoms. The molecule has 1 aliphatic rings. The predicted molar refractivity (Wildman–Crippen MR) is 79.6 cm³/mol. The number of ether oxygens (including phenoxy) is 1. The van der Waals surface area contributed by atoms with Gasteiger partial charge in [0.1, 0.15) is 12.4 Å². The fourth-order valence-corrected chi connectivity index (χ4v) is 2.31. The SMILES string of the molecule is C=CCOc1ccccc1CNC1CCCCNC1=O. The van der Waals surface area contributed by atoms with Crippen molar-refractivity contribution < 1.29 is 9.53 Å². The fourth-order valence-electron chi connectivity index (χ4n) is 2.31. The molecule has 1 aliphatic heterocycles. The van der Waals surface area contributed by atoms with Gasteiger partial charge in [0, 0.05) is 18.7 Å². The molecule has 0 bridgehead atoms. The molecular weight excluding hydrogens is 252 g/mol. The van der Waals surface area contributed by atoms with Gasteiger partial charge in [-0.25, -0.2) is 0 Å². The van der Waals surface area contributed by atoms with Gasteiger partial charge in [-0.3, -0.25) is 4.79 Å². The molecule has 1 fully saturated rings. The maximum Gasteiger partial charge on any atom is 0.237 e. The van der Waals surface area contributed by atoms with Crippen LogP contribution in [0.15, 0.2) is 36.9 Å². The molecule has 2 rings (SSSR count). The van der Waals surface area contributed by atoms with Crippen LogP contribution in [0.2, 0.25) is 0 Å². The summed E-state index contributed by atoms with van der Waals surface area (Å²) < 4.78 is 5.62. The first-order chi connectivity index (χ1) is 9.81. The van der Waals surface area contributed by atoms with E-state index in [4.69, 9.17) is 4.74 Å². The van der Waals surface area contributed by atoms with Crippen LogP contribution in [0.1, 0.15) is 24.8 Å². The van der Waals surface area contributed by atoms with Crippen molar-refractivity contribution in [3.05, 3.63) is 42.5 Å². The van der Waals surface area contributed by atoms with Crippen LogP contribution >= 0.6 is 0 Å². The molecule has 0 saturated carbocycles. The van der Waals surface area contributed by atoms with Crippen molar-refractivity contribution in [3.63, 3.8) is 0 Å². The molecule has 4 heteroatoms. The molecule has 1 heterocycles. The summed E-state index contributed by atoms with van der Waals surface area (Å²) in [6.45, 7) is 5.56. The molecule has 0 aliphatic carbocycles. The number of hydrogen-bond acceptors (Lipinski definition) is 3. The third-order valence-electron chi connectivity index (χ3n) is 3.40. The Balaban J connectivity index is 1.95. The van der Waals surface area contributed by atoms with Crippen LogP contribution in [0.25, 0.3) is 0 Å². The second kappa shape index (κ2) is 7.70. The van der Waals surface area contributed by atoms with Gasteiger partial charge in [0.25, 0.3) is 0 Å². The lowest BCUT2D eigenvalue weighted by Crippen LogP contribution is -2.42. The number of carbonyl (C=O) groups excluding carboxylic acids is 1. The van der Waals surface area contributed by atoms with Crippen LogP contribution in [0.4, 0.5) is 0 Å². The van der Waals surface area contributed by atoms with Gasteiger partial charge in [-0.05, 0) is 25.3 Å². The Kier molecular flexibility index (Phi) is 5.62. The van der Waals surface area contributed by atoms with E-state index in [9.17, 15) is 4.79 Å². The largest absolute Gasteiger partial charge is 0.489 e. The first-order valence-electron chi connectivity index (χ1n) is 7.14. The number of benzene rings is 1. The minimum absolute atomic E-state index is 0.104. The van der Waals surface area contributed by atoms with Crippen molar-refractivity contribution in [2.75, 3.05) is 13.2 Å². The number of carbonyl (C=O) groups is 1. The van der Waals surface area contributed by atoms with Crippen LogP contribution in [-0.2, 0) is 11.3 Å². The highest BCUT2D eigenvalue weighted by Crippen LogP contribution is 2.18. The molecule has 1 aromatic rings. The van der Waals surface area contributed by atoms with Crippen LogP contribution in [0, 0.1) is 0 Å². The average Bonchev–Trinajstić information content (AvgIpc) is 2.68. The van der Waals surface area contributed by atoms with Crippen molar-refractivity contribution in [1.82, 2.24) is 10.6 Å². The van der Waals surface area contributed by atoms with Crippen molar-refractivity contribution in [2.24, 2.45) is 0 Å². The summed E-state index contributed by atoms with van der Waals surface area (Å²) in [4.78, 5) is 11.9. The Labute approximate surface area is 120 Å². The maximum atomic E-state index is 11.9. The normalized spacial score (nSPS) is 19.0. The summed E-state index contributed by atoms with van der Waals surface area (Å²) in [5.74, 6) is 0.945. The van der Waals surface area contributed by atoms with E-state index in [1.54, 1.807) is 6.08 Å². The number of amides is 1. The summed E-state index contributed by atoms with van der Waals surface area (Å²) in [5, 5.41) is 6.26. The molecule has 4 nitrogen and oxygen atoms in total. The standard InChI is InChI=1S/C16H22N2O2/c1-2-11-20-15-9-4-3-7-13(15)12-18-14-8-5-6-10-17-16(14)19/h2-4,7,9,14,18H,1,5-6,8,10-12H2,(H,17,19). The quantitative estimate of drug-likeness (QED) is 0.780. The van der Waals surface area contributed by atoms with Crippen LogP contribution in [0.5, 0.6) is 5.75 Å². The van der Waals surface area contributed by atoms with E-state index < -0.39 is 0 Å². The van der Waals surface area contributed by atoms with Crippen molar-refractivity contribution in [2.45, 2.75) is 31.8 Å². The highest BCUT2D eigenvalue weighted by atomic mass is 16.5. The Morgan fingerprint density at radius 1 is 1.40 bits per heavy atom. The van der Waals surface area contributed by atoms with Gasteiger partial charge in [0.15, 0.2) is 0 Å². The lowest BCUT2D eigenvalue weighted by Gasteiger charge is -2.16. The van der Waals surface area contributed by atoms with E-state index in [1.807, 2.05) is 24.3 Å². The zero-order chi connectivity index (χ0) is 14.2. The summed E-state index contributed by atoms with van der Waals surface area (Å²) in [6.07, 6.45) is 4.75. The van der Waals surface area contributed by atoms with Gasteiger partial charge in [0.05, 0.1) is 6.04 Å². The van der Waals surface area contributed by atoms with Gasteiger partial charge < -0.3 is 15.4 Å². The van der Waals surface area contributed by atoms with Crippen molar-refractivity contribution >= 4 is 5.91 Å². The van der Waals surface area contributed by atoms with Gasteiger partial charge >= 0.3 is 0 Å². The molecule has 2 N–H and O–H groups in total. The van der Waals surface area contributed by atoms with Crippen LogP contribution in [-0.4, -0.2) is 25.1 Å². The molecule has 1 unspecified atom stereocenters. The van der Waals surface area contributed by atoms with Crippen LogP contribution in [0.3, 0.4) is 0 Å². The summed E-state index contributed by atoms with van der Waals surface area (Å²) in [7, 11) is 0. The number of nitrogens with one attached hydrogen (secondary N) is 2. The van der Waals surface area contributed by atoms with Gasteiger partial charge in [-0.2, -0.15) is 0 Å². The van der Waals surface area contributed by atoms with Gasteiger partial charge in [-0.15, -0.1) is 0 Å². The monoisotopic (exact) mass is 274 g/mol. The van der Waals surface area contributed by atoms with E-state index in [2.05, 4.69) is 17.2 Å². The molecule has 0 spiro atoms. The zero-order valence-corrected chi connectivity index (χ0v) is 11.7. The van der Waals surface area contributed by atoms with Crippen molar-refractivity contribution in [1.29, 1.82) is 0 Å². The maximum absolute atomic E-state index is 11.9. The summed E-state index contributed by atoms with van der Waals surface area (Å²) in [6, 6.07) is 7.77. The lowest BCUT2D eigenvalue weighted by atomic mass is 10.1. The van der Waals surface area contributed by atoms with E-state index in [0.717, 1.165) is 37.1 Å². The third kappa shape index (κ3) is 4.10. The smallest absolute Gasteiger partial charge is 0.237 e.